The molecule has 0 aliphatic carbocycles. The summed E-state index contributed by atoms with van der Waals surface area (Å²) in [5.41, 5.74) is 8.43. The predicted molar refractivity (Wildman–Crippen MR) is 141 cm³/mol. The second-order valence-electron chi connectivity index (χ2n) is 9.01. The number of anilines is 2. The second kappa shape index (κ2) is 10.8. The summed E-state index contributed by atoms with van der Waals surface area (Å²) in [6, 6.07) is 16.5. The molecular formula is C26H27N9O2. The zero-order valence-electron chi connectivity index (χ0n) is 20.4. The molecule has 1 fully saturated rings. The quantitative estimate of drug-likeness (QED) is 0.251. The highest BCUT2D eigenvalue weighted by Gasteiger charge is 2.37. The molecule has 11 heteroatoms. The molecule has 3 aromatic rings. The minimum Gasteiger partial charge on any atom is -0.481 e. The number of nitrogens with two attached hydrogens (primary N) is 2. The SMILES string of the molecule is CC1(C(=O)O)CCN(c2cccc(CN=CC(=NN)c3cc(-c4cccc(C#N)c4)nc(N)n3)n2)CC1. The van der Waals surface area contributed by atoms with Crippen molar-refractivity contribution < 1.29 is 9.90 Å². The average molecular weight is 498 g/mol. The molecule has 1 aromatic carbocycles. The molecule has 0 atom stereocenters. The minimum absolute atomic E-state index is 0.0410. The zero-order valence-corrected chi connectivity index (χ0v) is 20.4. The maximum absolute atomic E-state index is 11.5. The lowest BCUT2D eigenvalue weighted by molar-refractivity contribution is -0.149. The molecule has 188 valence electrons. The van der Waals surface area contributed by atoms with Gasteiger partial charge in [-0.1, -0.05) is 18.2 Å². The highest BCUT2D eigenvalue weighted by molar-refractivity contribution is 6.37. The lowest BCUT2D eigenvalue weighted by Gasteiger charge is -2.37. The zero-order chi connectivity index (χ0) is 26.4. The number of hydrogen-bond acceptors (Lipinski definition) is 10. The lowest BCUT2D eigenvalue weighted by atomic mass is 9.80. The van der Waals surface area contributed by atoms with E-state index in [4.69, 9.17) is 16.6 Å². The van der Waals surface area contributed by atoms with Crippen LogP contribution in [0, 0.1) is 16.7 Å². The van der Waals surface area contributed by atoms with E-state index in [-0.39, 0.29) is 12.5 Å². The molecule has 37 heavy (non-hydrogen) atoms. The van der Waals surface area contributed by atoms with Gasteiger partial charge in [0.25, 0.3) is 0 Å². The van der Waals surface area contributed by atoms with Gasteiger partial charge in [-0.25, -0.2) is 15.0 Å². The van der Waals surface area contributed by atoms with Gasteiger partial charge in [-0.3, -0.25) is 9.79 Å². The number of nitrogens with zero attached hydrogens (tertiary/aromatic N) is 7. The van der Waals surface area contributed by atoms with Crippen LogP contribution in [-0.4, -0.2) is 51.0 Å². The number of aromatic nitrogens is 3. The Morgan fingerprint density at radius 2 is 1.95 bits per heavy atom. The van der Waals surface area contributed by atoms with E-state index in [0.717, 1.165) is 11.5 Å². The van der Waals surface area contributed by atoms with Crippen LogP contribution in [-0.2, 0) is 11.3 Å². The van der Waals surface area contributed by atoms with Gasteiger partial charge in [0.2, 0.25) is 5.95 Å². The molecule has 1 aliphatic rings. The molecule has 5 N–H and O–H groups in total. The molecule has 4 rings (SSSR count). The number of aliphatic imine (C=N–C) groups is 1. The highest BCUT2D eigenvalue weighted by Crippen LogP contribution is 2.32. The van der Waals surface area contributed by atoms with E-state index in [1.54, 1.807) is 31.2 Å². The summed E-state index contributed by atoms with van der Waals surface area (Å²) >= 11 is 0. The second-order valence-corrected chi connectivity index (χ2v) is 9.01. The Labute approximate surface area is 214 Å². The first kappa shape index (κ1) is 25.2. The summed E-state index contributed by atoms with van der Waals surface area (Å²) < 4.78 is 0. The van der Waals surface area contributed by atoms with Crippen molar-refractivity contribution in [3.8, 4) is 17.3 Å². The van der Waals surface area contributed by atoms with E-state index in [0.29, 0.717) is 54.2 Å². The van der Waals surface area contributed by atoms with Gasteiger partial charge in [0.05, 0.1) is 46.9 Å². The Kier molecular flexibility index (Phi) is 7.39. The van der Waals surface area contributed by atoms with E-state index >= 15 is 0 Å². The normalized spacial score (nSPS) is 15.5. The van der Waals surface area contributed by atoms with Crippen molar-refractivity contribution in [3.63, 3.8) is 0 Å². The van der Waals surface area contributed by atoms with Gasteiger partial charge in [0, 0.05) is 18.7 Å². The molecule has 11 nitrogen and oxygen atoms in total. The Morgan fingerprint density at radius 3 is 2.65 bits per heavy atom. The van der Waals surface area contributed by atoms with E-state index in [9.17, 15) is 15.2 Å². The van der Waals surface area contributed by atoms with Crippen molar-refractivity contribution in [2.45, 2.75) is 26.3 Å². The van der Waals surface area contributed by atoms with E-state index in [1.807, 2.05) is 24.3 Å². The summed E-state index contributed by atoms with van der Waals surface area (Å²) in [6.07, 6.45) is 2.63. The van der Waals surface area contributed by atoms with Crippen molar-refractivity contribution in [2.75, 3.05) is 23.7 Å². The third-order valence-corrected chi connectivity index (χ3v) is 6.40. The van der Waals surface area contributed by atoms with Gasteiger partial charge in [-0.15, -0.1) is 0 Å². The molecule has 1 saturated heterocycles. The first-order valence-electron chi connectivity index (χ1n) is 11.7. The molecule has 1 aliphatic heterocycles. The lowest BCUT2D eigenvalue weighted by Crippen LogP contribution is -2.43. The third kappa shape index (κ3) is 5.87. The average Bonchev–Trinajstić information content (AvgIpc) is 2.91. The number of carboxylic acid groups (broad SMARTS) is 1. The van der Waals surface area contributed by atoms with Crippen molar-refractivity contribution in [2.24, 2.45) is 21.4 Å². The number of carbonyl (C=O) groups is 1. The number of aliphatic carboxylic acids is 1. The molecule has 0 amide bonds. The fraction of sp³-hybridized carbons (Fsp3) is 0.269. The highest BCUT2D eigenvalue weighted by atomic mass is 16.4. The van der Waals surface area contributed by atoms with Crippen LogP contribution >= 0.6 is 0 Å². The first-order chi connectivity index (χ1) is 17.8. The number of nitriles is 1. The van der Waals surface area contributed by atoms with Gasteiger partial charge in [-0.05, 0) is 50.1 Å². The summed E-state index contributed by atoms with van der Waals surface area (Å²) in [5, 5.41) is 22.4. The summed E-state index contributed by atoms with van der Waals surface area (Å²) in [5.74, 6) is 5.70. The Hall–Kier alpha value is -4.85. The van der Waals surface area contributed by atoms with Crippen LogP contribution in [0.25, 0.3) is 11.3 Å². The Balaban J connectivity index is 1.47. The number of hydrazone groups is 1. The van der Waals surface area contributed by atoms with E-state index in [1.165, 1.54) is 6.21 Å². The molecule has 0 spiro atoms. The number of carboxylic acids is 1. The fourth-order valence-corrected chi connectivity index (χ4v) is 4.06. The molecule has 0 bridgehead atoms. The third-order valence-electron chi connectivity index (χ3n) is 6.40. The molecular weight excluding hydrogens is 470 g/mol. The van der Waals surface area contributed by atoms with Crippen LogP contribution in [0.5, 0.6) is 0 Å². The molecule has 0 saturated carbocycles. The molecule has 2 aromatic heterocycles. The fourth-order valence-electron chi connectivity index (χ4n) is 4.06. The summed E-state index contributed by atoms with van der Waals surface area (Å²) in [7, 11) is 0. The largest absolute Gasteiger partial charge is 0.481 e. The van der Waals surface area contributed by atoms with Crippen molar-refractivity contribution in [3.05, 3.63) is 65.5 Å². The van der Waals surface area contributed by atoms with Gasteiger partial charge in [-0.2, -0.15) is 10.4 Å². The number of hydrogen-bond donors (Lipinski definition) is 3. The van der Waals surface area contributed by atoms with Gasteiger partial charge >= 0.3 is 5.97 Å². The Morgan fingerprint density at radius 1 is 1.19 bits per heavy atom. The molecule has 3 heterocycles. The van der Waals surface area contributed by atoms with Gasteiger partial charge < -0.3 is 21.6 Å². The maximum Gasteiger partial charge on any atom is 0.309 e. The van der Waals surface area contributed by atoms with Crippen molar-refractivity contribution in [1.82, 2.24) is 15.0 Å². The molecule has 0 unspecified atom stereocenters. The van der Waals surface area contributed by atoms with Crippen LogP contribution in [0.4, 0.5) is 11.8 Å². The summed E-state index contributed by atoms with van der Waals surface area (Å²) in [4.78, 5) is 31.2. The first-order valence-corrected chi connectivity index (χ1v) is 11.7. The van der Waals surface area contributed by atoms with Crippen LogP contribution in [0.15, 0.2) is 58.6 Å². The smallest absolute Gasteiger partial charge is 0.309 e. The predicted octanol–water partition coefficient (Wildman–Crippen LogP) is 2.62. The monoisotopic (exact) mass is 497 g/mol. The van der Waals surface area contributed by atoms with Gasteiger partial charge in [0.1, 0.15) is 11.5 Å². The topological polar surface area (TPSA) is 180 Å². The van der Waals surface area contributed by atoms with Gasteiger partial charge in [0.15, 0.2) is 0 Å². The Bertz CT molecular complexity index is 1400. The van der Waals surface area contributed by atoms with E-state index < -0.39 is 11.4 Å². The summed E-state index contributed by atoms with van der Waals surface area (Å²) in [6.45, 7) is 3.33. The number of benzene rings is 1. The van der Waals surface area contributed by atoms with Crippen molar-refractivity contribution >= 4 is 29.7 Å². The number of nitrogen functional groups attached to an aromatic ring is 1. The number of pyridine rings is 1. The molecule has 0 radical (unpaired) electrons. The minimum atomic E-state index is -0.756. The van der Waals surface area contributed by atoms with Crippen LogP contribution in [0.1, 0.15) is 36.7 Å². The van der Waals surface area contributed by atoms with E-state index in [2.05, 4.69) is 31.0 Å². The maximum atomic E-state index is 11.5. The van der Waals surface area contributed by atoms with Crippen molar-refractivity contribution in [1.29, 1.82) is 5.26 Å². The van der Waals surface area contributed by atoms with Crippen LogP contribution < -0.4 is 16.5 Å². The number of piperidine rings is 1. The van der Waals surface area contributed by atoms with Crippen LogP contribution in [0.3, 0.4) is 0 Å². The number of rotatable bonds is 7. The standard InChI is InChI=1S/C26H27N9O2/c1-26(24(36)37)8-10-35(11-9-26)23-7-3-6-19(31-23)15-30-16-22(34-29)21-13-20(32-25(28)33-21)18-5-2-4-17(12-18)14-27/h2-7,12-13,16H,8-11,15,29H2,1H3,(H,36,37)(H2,28,32,33). The van der Waals surface area contributed by atoms with Crippen LogP contribution in [0.2, 0.25) is 0 Å².